The molecule has 0 aliphatic rings. The molecule has 31 heavy (non-hydrogen) atoms. The average molecular weight is 450 g/mol. The molecule has 0 saturated heterocycles. The van der Waals surface area contributed by atoms with Crippen LogP contribution in [0.1, 0.15) is 32.7 Å². The number of amides is 1. The lowest BCUT2D eigenvalue weighted by molar-refractivity contribution is 0.0955. The number of hydrazone groups is 1. The number of benzene rings is 3. The monoisotopic (exact) mass is 449 g/mol. The summed E-state index contributed by atoms with van der Waals surface area (Å²) in [4.78, 5) is 12.4. The third-order valence-corrected chi connectivity index (χ3v) is 5.98. The Morgan fingerprint density at radius 3 is 2.58 bits per heavy atom. The van der Waals surface area contributed by atoms with Crippen molar-refractivity contribution < 1.29 is 4.79 Å². The number of halogens is 2. The van der Waals surface area contributed by atoms with E-state index in [0.29, 0.717) is 22.2 Å². The Labute approximate surface area is 191 Å². The zero-order valence-corrected chi connectivity index (χ0v) is 18.7. The maximum absolute atomic E-state index is 12.4. The van der Waals surface area contributed by atoms with Gasteiger partial charge in [0.25, 0.3) is 5.91 Å². The first-order chi connectivity index (χ1) is 14.9. The molecule has 3 aromatic carbocycles. The number of fused-ring (bicyclic) bond motifs is 1. The highest BCUT2D eigenvalue weighted by Crippen LogP contribution is 2.28. The van der Waals surface area contributed by atoms with Crippen molar-refractivity contribution in [1.82, 2.24) is 9.99 Å². The summed E-state index contributed by atoms with van der Waals surface area (Å²) in [5.74, 6) is -0.239. The van der Waals surface area contributed by atoms with E-state index in [4.69, 9.17) is 23.2 Å². The Hall–Kier alpha value is -3.08. The normalized spacial score (nSPS) is 11.4. The molecule has 1 N–H and O–H groups in total. The first kappa shape index (κ1) is 21.2. The SMILES string of the molecule is Cc1cccc(C(=O)N/N=C\c2c(C)n(Cc3ccc(Cl)c(Cl)c3)c3ccccc23)c1. The third kappa shape index (κ3) is 4.50. The summed E-state index contributed by atoms with van der Waals surface area (Å²) in [5, 5.41) is 6.37. The summed E-state index contributed by atoms with van der Waals surface area (Å²) < 4.78 is 2.21. The molecule has 1 aromatic heterocycles. The highest BCUT2D eigenvalue weighted by atomic mass is 35.5. The fourth-order valence-electron chi connectivity index (χ4n) is 3.65. The highest BCUT2D eigenvalue weighted by Gasteiger charge is 2.13. The van der Waals surface area contributed by atoms with Gasteiger partial charge in [0, 0.05) is 34.3 Å². The lowest BCUT2D eigenvalue weighted by Gasteiger charge is -2.09. The van der Waals surface area contributed by atoms with Gasteiger partial charge < -0.3 is 4.57 Å². The number of rotatable bonds is 5. The molecule has 6 heteroatoms. The van der Waals surface area contributed by atoms with Crippen molar-refractivity contribution in [3.05, 3.63) is 105 Å². The van der Waals surface area contributed by atoms with E-state index in [0.717, 1.165) is 33.3 Å². The van der Waals surface area contributed by atoms with Crippen molar-refractivity contribution in [2.24, 2.45) is 5.10 Å². The number of nitrogens with zero attached hydrogens (tertiary/aromatic N) is 2. The molecule has 1 amide bonds. The van der Waals surface area contributed by atoms with Crippen LogP contribution >= 0.6 is 23.2 Å². The molecule has 0 aliphatic carbocycles. The van der Waals surface area contributed by atoms with Gasteiger partial charge >= 0.3 is 0 Å². The molecule has 0 fully saturated rings. The average Bonchev–Trinajstić information content (AvgIpc) is 3.02. The van der Waals surface area contributed by atoms with E-state index in [2.05, 4.69) is 27.2 Å². The molecular weight excluding hydrogens is 429 g/mol. The molecule has 4 aromatic rings. The summed E-state index contributed by atoms with van der Waals surface area (Å²) in [6, 6.07) is 21.2. The van der Waals surface area contributed by atoms with E-state index in [1.807, 2.05) is 62.4 Å². The van der Waals surface area contributed by atoms with Gasteiger partial charge in [-0.25, -0.2) is 5.43 Å². The van der Waals surface area contributed by atoms with E-state index in [-0.39, 0.29) is 5.91 Å². The van der Waals surface area contributed by atoms with Crippen LogP contribution in [0.25, 0.3) is 10.9 Å². The fourth-order valence-corrected chi connectivity index (χ4v) is 3.97. The van der Waals surface area contributed by atoms with Crippen LogP contribution in [0.15, 0.2) is 71.8 Å². The third-order valence-electron chi connectivity index (χ3n) is 5.24. The van der Waals surface area contributed by atoms with Crippen LogP contribution in [0.4, 0.5) is 0 Å². The van der Waals surface area contributed by atoms with E-state index in [9.17, 15) is 4.79 Å². The number of para-hydroxylation sites is 1. The lowest BCUT2D eigenvalue weighted by Crippen LogP contribution is -2.17. The Kier molecular flexibility index (Phi) is 6.12. The first-order valence-electron chi connectivity index (χ1n) is 9.86. The topological polar surface area (TPSA) is 46.4 Å². The van der Waals surface area contributed by atoms with Gasteiger partial charge in [0.1, 0.15) is 0 Å². The second kappa shape index (κ2) is 8.96. The maximum Gasteiger partial charge on any atom is 0.271 e. The molecule has 0 saturated carbocycles. The molecule has 0 radical (unpaired) electrons. The second-order valence-corrected chi connectivity index (χ2v) is 8.23. The number of aryl methyl sites for hydroxylation is 1. The van der Waals surface area contributed by atoms with Gasteiger partial charge in [0.15, 0.2) is 0 Å². The summed E-state index contributed by atoms with van der Waals surface area (Å²) in [7, 11) is 0. The van der Waals surface area contributed by atoms with Crippen LogP contribution in [-0.4, -0.2) is 16.7 Å². The van der Waals surface area contributed by atoms with Gasteiger partial charge in [-0.3, -0.25) is 4.79 Å². The van der Waals surface area contributed by atoms with Crippen molar-refractivity contribution in [2.45, 2.75) is 20.4 Å². The summed E-state index contributed by atoms with van der Waals surface area (Å²) >= 11 is 12.3. The van der Waals surface area contributed by atoms with Crippen molar-refractivity contribution in [3.63, 3.8) is 0 Å². The second-order valence-electron chi connectivity index (χ2n) is 7.42. The van der Waals surface area contributed by atoms with Gasteiger partial charge in [-0.2, -0.15) is 5.10 Å². The molecule has 4 nitrogen and oxygen atoms in total. The minimum Gasteiger partial charge on any atom is -0.340 e. The smallest absolute Gasteiger partial charge is 0.271 e. The molecule has 0 bridgehead atoms. The summed E-state index contributed by atoms with van der Waals surface area (Å²) in [6.45, 7) is 4.64. The van der Waals surface area contributed by atoms with Crippen molar-refractivity contribution in [2.75, 3.05) is 0 Å². The Bertz CT molecular complexity index is 1310. The summed E-state index contributed by atoms with van der Waals surface area (Å²) in [5.41, 5.74) is 8.37. The Morgan fingerprint density at radius 2 is 1.81 bits per heavy atom. The minimum atomic E-state index is -0.239. The van der Waals surface area contributed by atoms with Crippen molar-refractivity contribution in [1.29, 1.82) is 0 Å². The molecule has 0 unspecified atom stereocenters. The zero-order chi connectivity index (χ0) is 22.0. The van der Waals surface area contributed by atoms with Crippen LogP contribution in [0.5, 0.6) is 0 Å². The highest BCUT2D eigenvalue weighted by molar-refractivity contribution is 6.42. The number of carbonyl (C=O) groups excluding carboxylic acids is 1. The van der Waals surface area contributed by atoms with Gasteiger partial charge in [-0.15, -0.1) is 0 Å². The number of hydrogen-bond acceptors (Lipinski definition) is 2. The molecule has 4 rings (SSSR count). The predicted molar refractivity (Wildman–Crippen MR) is 128 cm³/mol. The van der Waals surface area contributed by atoms with E-state index in [1.165, 1.54) is 0 Å². The number of hydrogen-bond donors (Lipinski definition) is 1. The zero-order valence-electron chi connectivity index (χ0n) is 17.2. The van der Waals surface area contributed by atoms with Crippen LogP contribution in [0.3, 0.4) is 0 Å². The minimum absolute atomic E-state index is 0.239. The van der Waals surface area contributed by atoms with Crippen LogP contribution < -0.4 is 5.43 Å². The van der Waals surface area contributed by atoms with Crippen LogP contribution in [0.2, 0.25) is 10.0 Å². The first-order valence-corrected chi connectivity index (χ1v) is 10.6. The lowest BCUT2D eigenvalue weighted by atomic mass is 10.1. The summed E-state index contributed by atoms with van der Waals surface area (Å²) in [6.07, 6.45) is 1.71. The molecule has 1 heterocycles. The molecule has 0 atom stereocenters. The maximum atomic E-state index is 12.4. The Morgan fingerprint density at radius 1 is 1.00 bits per heavy atom. The standard InChI is InChI=1S/C25H21Cl2N3O/c1-16-6-5-7-19(12-16)25(31)29-28-14-21-17(2)30(24-9-4-3-8-20(21)24)15-18-10-11-22(26)23(27)13-18/h3-14H,15H2,1-2H3,(H,29,31)/b28-14-. The largest absolute Gasteiger partial charge is 0.340 e. The molecule has 0 spiro atoms. The van der Waals surface area contributed by atoms with Crippen molar-refractivity contribution in [3.8, 4) is 0 Å². The van der Waals surface area contributed by atoms with Crippen LogP contribution in [0, 0.1) is 13.8 Å². The van der Waals surface area contributed by atoms with E-state index < -0.39 is 0 Å². The molecule has 0 aliphatic heterocycles. The fraction of sp³-hybridized carbons (Fsp3) is 0.120. The van der Waals surface area contributed by atoms with Gasteiger partial charge in [-0.05, 0) is 49.7 Å². The molecular formula is C25H21Cl2N3O. The van der Waals surface area contributed by atoms with Gasteiger partial charge in [0.05, 0.1) is 16.3 Å². The number of aromatic nitrogens is 1. The Balaban J connectivity index is 1.64. The van der Waals surface area contributed by atoms with Crippen molar-refractivity contribution >= 4 is 46.2 Å². The number of nitrogens with one attached hydrogen (secondary N) is 1. The number of carbonyl (C=O) groups is 1. The van der Waals surface area contributed by atoms with E-state index in [1.54, 1.807) is 12.3 Å². The molecule has 156 valence electrons. The van der Waals surface area contributed by atoms with Gasteiger partial charge in [-0.1, -0.05) is 65.2 Å². The quantitative estimate of drug-likeness (QED) is 0.279. The predicted octanol–water partition coefficient (Wildman–Crippen LogP) is 6.38. The van der Waals surface area contributed by atoms with E-state index >= 15 is 0 Å². The van der Waals surface area contributed by atoms with Gasteiger partial charge in [0.2, 0.25) is 0 Å². The van der Waals surface area contributed by atoms with Crippen LogP contribution in [-0.2, 0) is 6.54 Å².